The van der Waals surface area contributed by atoms with Gasteiger partial charge in [0.15, 0.2) is 5.65 Å². The van der Waals surface area contributed by atoms with Crippen molar-refractivity contribution < 1.29 is 29.2 Å². The molecule has 0 aliphatic carbocycles. The standard InChI is InChI=1S/C30H32FN3O5/c1-17(2)29-25(14-11-22(35)15-23(36)16-26(37)38)28(19-5-7-20(31)8-6-19)27-18(3)33-34(30(27)32-29)21-9-12-24(39-4)13-10-21/h5-14,17,22-23,35-36H,15-16H2,1-4H3,(H,37,38)/b14-11+/t22-,23-/m1/s1. The predicted octanol–water partition coefficient (Wildman–Crippen LogP) is 5.27. The third-order valence-electron chi connectivity index (χ3n) is 6.46. The molecule has 2 atom stereocenters. The van der Waals surface area contributed by atoms with Crippen molar-refractivity contribution in [2.45, 2.75) is 51.7 Å². The minimum absolute atomic E-state index is 0.0254. The van der Waals surface area contributed by atoms with Crippen LogP contribution in [-0.2, 0) is 4.79 Å². The van der Waals surface area contributed by atoms with Gasteiger partial charge in [-0.1, -0.05) is 38.1 Å². The lowest BCUT2D eigenvalue weighted by Gasteiger charge is -2.18. The zero-order chi connectivity index (χ0) is 28.3. The number of hydrogen-bond acceptors (Lipinski definition) is 6. The minimum Gasteiger partial charge on any atom is -0.497 e. The van der Waals surface area contributed by atoms with Crippen LogP contribution < -0.4 is 4.74 Å². The van der Waals surface area contributed by atoms with E-state index >= 15 is 0 Å². The largest absolute Gasteiger partial charge is 0.497 e. The van der Waals surface area contributed by atoms with Crippen molar-refractivity contribution in [3.05, 3.63) is 77.4 Å². The maximum atomic E-state index is 13.9. The molecule has 2 aromatic carbocycles. The average molecular weight is 534 g/mol. The molecule has 2 heterocycles. The highest BCUT2D eigenvalue weighted by atomic mass is 19.1. The Morgan fingerprint density at radius 3 is 2.36 bits per heavy atom. The summed E-state index contributed by atoms with van der Waals surface area (Å²) in [7, 11) is 1.60. The summed E-state index contributed by atoms with van der Waals surface area (Å²) in [6.07, 6.45) is 0.405. The molecule has 39 heavy (non-hydrogen) atoms. The summed E-state index contributed by atoms with van der Waals surface area (Å²) in [4.78, 5) is 15.9. The highest BCUT2D eigenvalue weighted by Gasteiger charge is 2.23. The summed E-state index contributed by atoms with van der Waals surface area (Å²) < 4.78 is 21.0. The van der Waals surface area contributed by atoms with E-state index in [0.717, 1.165) is 39.2 Å². The van der Waals surface area contributed by atoms with Gasteiger partial charge in [0.2, 0.25) is 0 Å². The molecular formula is C30H32FN3O5. The zero-order valence-corrected chi connectivity index (χ0v) is 22.3. The van der Waals surface area contributed by atoms with Gasteiger partial charge < -0.3 is 20.1 Å². The maximum Gasteiger partial charge on any atom is 0.305 e. The van der Waals surface area contributed by atoms with Gasteiger partial charge >= 0.3 is 5.97 Å². The van der Waals surface area contributed by atoms with E-state index in [1.807, 2.05) is 45.0 Å². The van der Waals surface area contributed by atoms with E-state index in [0.29, 0.717) is 11.4 Å². The molecule has 0 fully saturated rings. The van der Waals surface area contributed by atoms with Crippen molar-refractivity contribution in [2.75, 3.05) is 7.11 Å². The molecule has 0 saturated carbocycles. The van der Waals surface area contributed by atoms with E-state index < -0.39 is 24.6 Å². The molecule has 0 saturated heterocycles. The molecule has 0 radical (unpaired) electrons. The molecule has 4 aromatic rings. The Labute approximate surface area is 226 Å². The van der Waals surface area contributed by atoms with Crippen LogP contribution in [0.1, 0.15) is 49.6 Å². The topological polar surface area (TPSA) is 118 Å². The highest BCUT2D eigenvalue weighted by molar-refractivity contribution is 6.00. The zero-order valence-electron chi connectivity index (χ0n) is 22.3. The quantitative estimate of drug-likeness (QED) is 0.254. The second kappa shape index (κ2) is 11.8. The van der Waals surface area contributed by atoms with Crippen LogP contribution in [0.3, 0.4) is 0 Å². The van der Waals surface area contributed by atoms with Crippen LogP contribution in [0.25, 0.3) is 33.9 Å². The monoisotopic (exact) mass is 533 g/mol. The van der Waals surface area contributed by atoms with Gasteiger partial charge in [-0.05, 0) is 54.8 Å². The molecule has 0 unspecified atom stereocenters. The molecule has 4 rings (SSSR count). The minimum atomic E-state index is -1.19. The van der Waals surface area contributed by atoms with Crippen molar-refractivity contribution in [1.82, 2.24) is 14.8 Å². The van der Waals surface area contributed by atoms with Crippen LogP contribution in [0.5, 0.6) is 5.75 Å². The van der Waals surface area contributed by atoms with Gasteiger partial charge in [-0.15, -0.1) is 0 Å². The van der Waals surface area contributed by atoms with E-state index in [-0.39, 0.29) is 18.2 Å². The van der Waals surface area contributed by atoms with Crippen LogP contribution in [0.2, 0.25) is 0 Å². The summed E-state index contributed by atoms with van der Waals surface area (Å²) in [6.45, 7) is 5.90. The van der Waals surface area contributed by atoms with Crippen molar-refractivity contribution in [3.8, 4) is 22.6 Å². The number of aromatic nitrogens is 3. The number of ether oxygens (including phenoxy) is 1. The molecule has 0 spiro atoms. The van der Waals surface area contributed by atoms with Gasteiger partial charge in [-0.2, -0.15) is 5.10 Å². The fourth-order valence-corrected chi connectivity index (χ4v) is 4.63. The number of halogens is 1. The number of carboxylic acid groups (broad SMARTS) is 1. The smallest absolute Gasteiger partial charge is 0.305 e. The summed E-state index contributed by atoms with van der Waals surface area (Å²) in [5, 5.41) is 35.0. The number of carboxylic acids is 1. The first kappa shape index (κ1) is 27.9. The number of aliphatic hydroxyl groups excluding tert-OH is 2. The van der Waals surface area contributed by atoms with E-state index in [1.54, 1.807) is 30.0 Å². The molecule has 204 valence electrons. The lowest BCUT2D eigenvalue weighted by molar-refractivity contribution is -0.139. The number of nitrogens with zero attached hydrogens (tertiary/aromatic N) is 3. The third-order valence-corrected chi connectivity index (χ3v) is 6.46. The van der Waals surface area contributed by atoms with Crippen LogP contribution in [0.15, 0.2) is 54.6 Å². The van der Waals surface area contributed by atoms with Gasteiger partial charge in [0.1, 0.15) is 11.6 Å². The Morgan fingerprint density at radius 1 is 1.10 bits per heavy atom. The highest BCUT2D eigenvalue weighted by Crippen LogP contribution is 2.39. The number of rotatable bonds is 10. The molecule has 0 amide bonds. The maximum absolute atomic E-state index is 13.9. The van der Waals surface area contributed by atoms with E-state index in [1.165, 1.54) is 18.2 Å². The molecule has 0 aliphatic heterocycles. The van der Waals surface area contributed by atoms with Gasteiger partial charge in [0.05, 0.1) is 48.2 Å². The summed E-state index contributed by atoms with van der Waals surface area (Å²) in [6, 6.07) is 13.7. The Bertz CT molecular complexity index is 1490. The Balaban J connectivity index is 1.94. The lowest BCUT2D eigenvalue weighted by Crippen LogP contribution is -2.19. The molecule has 0 aliphatic rings. The van der Waals surface area contributed by atoms with E-state index in [9.17, 15) is 19.4 Å². The third kappa shape index (κ3) is 6.16. The number of benzene rings is 2. The number of methoxy groups -OCH3 is 1. The fourth-order valence-electron chi connectivity index (χ4n) is 4.63. The normalized spacial score (nSPS) is 13.3. The van der Waals surface area contributed by atoms with Gasteiger partial charge in [0, 0.05) is 17.5 Å². The summed E-state index contributed by atoms with van der Waals surface area (Å²) in [5.74, 6) is -0.811. The van der Waals surface area contributed by atoms with E-state index in [4.69, 9.17) is 19.9 Å². The van der Waals surface area contributed by atoms with Crippen molar-refractivity contribution in [3.63, 3.8) is 0 Å². The first-order valence-electron chi connectivity index (χ1n) is 12.7. The molecule has 2 aromatic heterocycles. The molecule has 3 N–H and O–H groups in total. The average Bonchev–Trinajstić information content (AvgIpc) is 3.22. The van der Waals surface area contributed by atoms with Gasteiger partial charge in [-0.25, -0.2) is 14.1 Å². The Hall–Kier alpha value is -4.08. The first-order valence-corrected chi connectivity index (χ1v) is 12.7. The SMILES string of the molecule is COc1ccc(-n2nc(C)c3c(-c4ccc(F)cc4)c(/C=C/[C@@H](O)C[C@@H](O)CC(=O)O)c(C(C)C)nc32)cc1. The summed E-state index contributed by atoms with van der Waals surface area (Å²) >= 11 is 0. The number of fused-ring (bicyclic) bond motifs is 1. The van der Waals surface area contributed by atoms with Crippen LogP contribution in [-0.4, -0.2) is 55.4 Å². The number of carbonyl (C=O) groups is 1. The number of hydrogen-bond donors (Lipinski definition) is 3. The Morgan fingerprint density at radius 2 is 1.77 bits per heavy atom. The molecule has 8 nitrogen and oxygen atoms in total. The summed E-state index contributed by atoms with van der Waals surface area (Å²) in [5.41, 5.74) is 5.16. The van der Waals surface area contributed by atoms with Gasteiger partial charge in [-0.3, -0.25) is 4.79 Å². The molecular weight excluding hydrogens is 501 g/mol. The van der Waals surface area contributed by atoms with Crippen molar-refractivity contribution in [2.24, 2.45) is 0 Å². The number of pyridine rings is 1. The second-order valence-electron chi connectivity index (χ2n) is 9.76. The first-order chi connectivity index (χ1) is 18.6. The van der Waals surface area contributed by atoms with Crippen molar-refractivity contribution in [1.29, 1.82) is 0 Å². The molecule has 9 heteroatoms. The molecule has 0 bridgehead atoms. The number of aliphatic hydroxyl groups is 2. The fraction of sp³-hybridized carbons (Fsp3) is 0.300. The number of aryl methyl sites for hydroxylation is 1. The van der Waals surface area contributed by atoms with Crippen LogP contribution >= 0.6 is 0 Å². The second-order valence-corrected chi connectivity index (χ2v) is 9.76. The predicted molar refractivity (Wildman–Crippen MR) is 148 cm³/mol. The lowest BCUT2D eigenvalue weighted by atomic mass is 9.91. The van der Waals surface area contributed by atoms with E-state index in [2.05, 4.69) is 0 Å². The van der Waals surface area contributed by atoms with Gasteiger partial charge in [0.25, 0.3) is 0 Å². The van der Waals surface area contributed by atoms with Crippen molar-refractivity contribution >= 4 is 23.1 Å². The number of aliphatic carboxylic acids is 1. The van der Waals surface area contributed by atoms with Crippen LogP contribution in [0, 0.1) is 12.7 Å². The Kier molecular flexibility index (Phi) is 8.42. The van der Waals surface area contributed by atoms with Crippen LogP contribution in [0.4, 0.5) is 4.39 Å².